The fourth-order valence-corrected chi connectivity index (χ4v) is 4.75. The van der Waals surface area contributed by atoms with Crippen molar-refractivity contribution < 1.29 is 9.59 Å². The van der Waals surface area contributed by atoms with E-state index < -0.39 is 0 Å². The summed E-state index contributed by atoms with van der Waals surface area (Å²) in [5, 5.41) is 0. The number of likely N-dealkylation sites (N-methyl/N-ethyl adjacent to an activating group) is 1. The summed E-state index contributed by atoms with van der Waals surface area (Å²) in [5.74, 6) is 1.14. The first-order valence-corrected chi connectivity index (χ1v) is 10.4. The summed E-state index contributed by atoms with van der Waals surface area (Å²) in [7, 11) is 1.80. The number of benzene rings is 1. The van der Waals surface area contributed by atoms with E-state index in [0.29, 0.717) is 17.8 Å². The Bertz CT molecular complexity index is 1020. The van der Waals surface area contributed by atoms with E-state index in [9.17, 15) is 9.59 Å². The van der Waals surface area contributed by atoms with Gasteiger partial charge in [0.2, 0.25) is 0 Å². The van der Waals surface area contributed by atoms with Crippen LogP contribution in [-0.4, -0.2) is 59.8 Å². The molecule has 3 aliphatic heterocycles. The van der Waals surface area contributed by atoms with Gasteiger partial charge in [-0.3, -0.25) is 9.59 Å². The van der Waals surface area contributed by atoms with E-state index in [2.05, 4.69) is 22.5 Å². The SMILES string of the molecule is C=C1CN(C)C(=O)c2ccc(N3CCCc4cc(C(=O)N5CCCC5)[nH]c43)cc21. The average molecular weight is 390 g/mol. The monoisotopic (exact) mass is 390 g/mol. The first-order chi connectivity index (χ1) is 14.0. The molecule has 2 amide bonds. The molecule has 3 aliphatic rings. The number of carbonyl (C=O) groups excluding carboxylic acids is 2. The lowest BCUT2D eigenvalue weighted by molar-refractivity contribution is 0.0785. The minimum atomic E-state index is 0.0386. The number of aromatic amines is 1. The van der Waals surface area contributed by atoms with Gasteiger partial charge in [-0.2, -0.15) is 0 Å². The summed E-state index contributed by atoms with van der Waals surface area (Å²) in [6.45, 7) is 7.30. The Morgan fingerprint density at radius 1 is 1.07 bits per heavy atom. The number of rotatable bonds is 2. The number of nitrogens with zero attached hydrogens (tertiary/aromatic N) is 3. The molecule has 0 aliphatic carbocycles. The highest BCUT2D eigenvalue weighted by Gasteiger charge is 2.28. The fraction of sp³-hybridized carbons (Fsp3) is 0.391. The number of carbonyl (C=O) groups is 2. The van der Waals surface area contributed by atoms with Gasteiger partial charge in [0.15, 0.2) is 0 Å². The largest absolute Gasteiger partial charge is 0.337 e. The van der Waals surface area contributed by atoms with Crippen molar-refractivity contribution >= 4 is 28.9 Å². The molecule has 6 heteroatoms. The predicted octanol–water partition coefficient (Wildman–Crippen LogP) is 3.43. The van der Waals surface area contributed by atoms with Crippen molar-refractivity contribution in [1.29, 1.82) is 0 Å². The highest BCUT2D eigenvalue weighted by molar-refractivity contribution is 6.03. The predicted molar refractivity (Wildman–Crippen MR) is 114 cm³/mol. The van der Waals surface area contributed by atoms with Crippen molar-refractivity contribution in [3.63, 3.8) is 0 Å². The Hall–Kier alpha value is -3.02. The van der Waals surface area contributed by atoms with Crippen molar-refractivity contribution in [3.05, 3.63) is 53.2 Å². The number of aryl methyl sites for hydroxylation is 1. The number of hydrogen-bond acceptors (Lipinski definition) is 3. The Morgan fingerprint density at radius 3 is 2.66 bits per heavy atom. The van der Waals surface area contributed by atoms with Crippen LogP contribution >= 0.6 is 0 Å². The highest BCUT2D eigenvalue weighted by atomic mass is 16.2. The van der Waals surface area contributed by atoms with Crippen molar-refractivity contribution in [1.82, 2.24) is 14.8 Å². The van der Waals surface area contributed by atoms with Crippen LogP contribution in [0.15, 0.2) is 30.8 Å². The van der Waals surface area contributed by atoms with Crippen LogP contribution in [-0.2, 0) is 6.42 Å². The lowest BCUT2D eigenvalue weighted by Crippen LogP contribution is -2.33. The van der Waals surface area contributed by atoms with Gasteiger partial charge in [0, 0.05) is 44.5 Å². The molecular formula is C23H26N4O2. The van der Waals surface area contributed by atoms with Gasteiger partial charge in [-0.05, 0) is 66.6 Å². The Morgan fingerprint density at radius 2 is 1.86 bits per heavy atom. The second-order valence-electron chi connectivity index (χ2n) is 8.31. The molecule has 0 spiro atoms. The van der Waals surface area contributed by atoms with Gasteiger partial charge < -0.3 is 19.7 Å². The van der Waals surface area contributed by atoms with Crippen LogP contribution in [0.2, 0.25) is 0 Å². The molecule has 1 saturated heterocycles. The third-order valence-electron chi connectivity index (χ3n) is 6.30. The van der Waals surface area contributed by atoms with E-state index in [1.54, 1.807) is 11.9 Å². The molecule has 1 aromatic heterocycles. The molecule has 0 saturated carbocycles. The summed E-state index contributed by atoms with van der Waals surface area (Å²) in [4.78, 5) is 34.6. The van der Waals surface area contributed by atoms with Crippen LogP contribution in [0.5, 0.6) is 0 Å². The van der Waals surface area contributed by atoms with E-state index in [1.165, 1.54) is 5.56 Å². The van der Waals surface area contributed by atoms with E-state index in [4.69, 9.17) is 0 Å². The Balaban J connectivity index is 1.50. The van der Waals surface area contributed by atoms with Crippen LogP contribution in [0, 0.1) is 0 Å². The second-order valence-corrected chi connectivity index (χ2v) is 8.31. The average Bonchev–Trinajstić information content (AvgIpc) is 3.41. The van der Waals surface area contributed by atoms with Gasteiger partial charge in [-0.15, -0.1) is 0 Å². The maximum Gasteiger partial charge on any atom is 0.270 e. The number of anilines is 2. The van der Waals surface area contributed by atoms with Crippen molar-refractivity contribution in [2.45, 2.75) is 25.7 Å². The molecule has 5 rings (SSSR count). The number of H-pyrrole nitrogens is 1. The minimum Gasteiger partial charge on any atom is -0.337 e. The number of likely N-dealkylation sites (tertiary alicyclic amines) is 1. The molecule has 0 atom stereocenters. The summed E-state index contributed by atoms with van der Waals surface area (Å²) in [6.07, 6.45) is 4.18. The molecule has 150 valence electrons. The zero-order valence-electron chi connectivity index (χ0n) is 16.8. The quantitative estimate of drug-likeness (QED) is 0.855. The van der Waals surface area contributed by atoms with E-state index in [0.717, 1.165) is 68.0 Å². The van der Waals surface area contributed by atoms with Crippen LogP contribution < -0.4 is 4.90 Å². The van der Waals surface area contributed by atoms with Crippen molar-refractivity contribution in [2.75, 3.05) is 38.1 Å². The van der Waals surface area contributed by atoms with Crippen LogP contribution in [0.4, 0.5) is 11.5 Å². The summed E-state index contributed by atoms with van der Waals surface area (Å²) in [5.41, 5.74) is 5.50. The zero-order valence-corrected chi connectivity index (χ0v) is 16.8. The van der Waals surface area contributed by atoms with Gasteiger partial charge >= 0.3 is 0 Å². The molecule has 1 N–H and O–H groups in total. The second kappa shape index (κ2) is 6.79. The van der Waals surface area contributed by atoms with Gasteiger partial charge in [-0.25, -0.2) is 0 Å². The van der Waals surface area contributed by atoms with Gasteiger partial charge in [0.25, 0.3) is 11.8 Å². The number of fused-ring (bicyclic) bond motifs is 2. The number of nitrogens with one attached hydrogen (secondary N) is 1. The van der Waals surface area contributed by atoms with Gasteiger partial charge in [0.05, 0.1) is 0 Å². The third-order valence-corrected chi connectivity index (χ3v) is 6.30. The lowest BCUT2D eigenvalue weighted by Gasteiger charge is -2.31. The van der Waals surface area contributed by atoms with Crippen LogP contribution in [0.25, 0.3) is 5.57 Å². The lowest BCUT2D eigenvalue weighted by atomic mass is 9.94. The van der Waals surface area contributed by atoms with E-state index in [-0.39, 0.29) is 11.8 Å². The molecule has 2 aromatic rings. The molecule has 0 unspecified atom stereocenters. The highest BCUT2D eigenvalue weighted by Crippen LogP contribution is 2.37. The standard InChI is InChI=1S/C23H26N4O2/c1-15-14-25(2)22(28)18-8-7-17(13-19(15)18)27-11-5-6-16-12-20(24-21(16)27)23(29)26-9-3-4-10-26/h7-8,12-13,24H,1,3-6,9-11,14H2,2H3. The number of aromatic nitrogens is 1. The van der Waals surface area contributed by atoms with Crippen molar-refractivity contribution in [2.24, 2.45) is 0 Å². The first-order valence-electron chi connectivity index (χ1n) is 10.4. The van der Waals surface area contributed by atoms with E-state index >= 15 is 0 Å². The number of amides is 2. The molecule has 0 bridgehead atoms. The third kappa shape index (κ3) is 2.94. The molecule has 29 heavy (non-hydrogen) atoms. The maximum absolute atomic E-state index is 12.8. The molecule has 1 aromatic carbocycles. The summed E-state index contributed by atoms with van der Waals surface area (Å²) in [6, 6.07) is 8.00. The van der Waals surface area contributed by atoms with Crippen molar-refractivity contribution in [3.8, 4) is 0 Å². The summed E-state index contributed by atoms with van der Waals surface area (Å²) >= 11 is 0. The minimum absolute atomic E-state index is 0.0386. The smallest absolute Gasteiger partial charge is 0.270 e. The Kier molecular flexibility index (Phi) is 4.23. The molecular weight excluding hydrogens is 364 g/mol. The molecule has 6 nitrogen and oxygen atoms in total. The molecule has 4 heterocycles. The van der Waals surface area contributed by atoms with E-state index in [1.807, 2.05) is 23.1 Å². The number of hydrogen-bond donors (Lipinski definition) is 1. The topological polar surface area (TPSA) is 59.7 Å². The summed E-state index contributed by atoms with van der Waals surface area (Å²) < 4.78 is 0. The van der Waals surface area contributed by atoms with Gasteiger partial charge in [-0.1, -0.05) is 6.58 Å². The van der Waals surface area contributed by atoms with Crippen LogP contribution in [0.1, 0.15) is 51.2 Å². The molecule has 1 fully saturated rings. The van der Waals surface area contributed by atoms with Gasteiger partial charge in [0.1, 0.15) is 11.5 Å². The zero-order chi connectivity index (χ0) is 20.1. The van der Waals surface area contributed by atoms with Crippen LogP contribution in [0.3, 0.4) is 0 Å². The maximum atomic E-state index is 12.8. The normalized spacial score (nSPS) is 18.9. The first kappa shape index (κ1) is 18.0. The Labute approximate surface area is 170 Å². The fourth-order valence-electron chi connectivity index (χ4n) is 4.75. The molecule has 0 radical (unpaired) electrons.